The van der Waals surface area contributed by atoms with Gasteiger partial charge in [0.2, 0.25) is 6.41 Å². The summed E-state index contributed by atoms with van der Waals surface area (Å²) in [6, 6.07) is 21.0. The smallest absolute Gasteiger partial charge is 0.214 e. The number of carbonyl (C=O) groups excluding carboxylic acids is 1. The number of carbonyl (C=O) groups is 1. The van der Waals surface area contributed by atoms with Crippen molar-refractivity contribution in [3.63, 3.8) is 0 Å². The number of nitrogens with one attached hydrogen (secondary N) is 1. The lowest BCUT2D eigenvalue weighted by molar-refractivity contribution is -0.107. The van der Waals surface area contributed by atoms with E-state index in [4.69, 9.17) is 16.6 Å². The maximum Gasteiger partial charge on any atom is 0.214 e. The zero-order valence-electron chi connectivity index (χ0n) is 17.4. The Morgan fingerprint density at radius 2 is 1.84 bits per heavy atom. The van der Waals surface area contributed by atoms with Gasteiger partial charge in [-0.25, -0.2) is 4.98 Å². The molecule has 0 atom stereocenters. The number of hydrogen-bond donors (Lipinski definition) is 1. The lowest BCUT2D eigenvalue weighted by Crippen LogP contribution is -2.23. The Hall–Kier alpha value is -3.77. The number of benzene rings is 1. The van der Waals surface area contributed by atoms with Crippen molar-refractivity contribution in [3.05, 3.63) is 102 Å². The molecule has 160 valence electrons. The van der Waals surface area contributed by atoms with Crippen LogP contribution in [-0.2, 0) is 17.8 Å². The standard InChI is InChI=1S/C25H22ClN5O/c26-21-8-6-20(7-9-21)23-10-11-24(31(18-32)17-19-4-3-13-27-16-19)25(30-23)29-15-12-22-5-1-2-14-28-22/h1-11,13-14,16,18H,12,15,17H2,(H,29,30). The van der Waals surface area contributed by atoms with E-state index in [1.54, 1.807) is 23.5 Å². The van der Waals surface area contributed by atoms with Crippen molar-refractivity contribution >= 4 is 29.5 Å². The van der Waals surface area contributed by atoms with Crippen LogP contribution in [0, 0.1) is 0 Å². The van der Waals surface area contributed by atoms with E-state index in [2.05, 4.69) is 15.3 Å². The third-order valence-corrected chi connectivity index (χ3v) is 5.18. The number of amides is 1. The van der Waals surface area contributed by atoms with Crippen molar-refractivity contribution in [2.45, 2.75) is 13.0 Å². The van der Waals surface area contributed by atoms with Gasteiger partial charge in [0, 0.05) is 47.8 Å². The summed E-state index contributed by atoms with van der Waals surface area (Å²) in [5.41, 5.74) is 4.35. The number of hydrogen-bond acceptors (Lipinski definition) is 5. The molecule has 3 aromatic heterocycles. The predicted molar refractivity (Wildman–Crippen MR) is 128 cm³/mol. The molecular weight excluding hydrogens is 422 g/mol. The van der Waals surface area contributed by atoms with Gasteiger partial charge in [0.1, 0.15) is 0 Å². The molecule has 0 fully saturated rings. The average Bonchev–Trinajstić information content (AvgIpc) is 2.84. The van der Waals surface area contributed by atoms with E-state index in [0.29, 0.717) is 29.6 Å². The molecule has 0 unspecified atom stereocenters. The van der Waals surface area contributed by atoms with Crippen LogP contribution in [0.1, 0.15) is 11.3 Å². The highest BCUT2D eigenvalue weighted by Gasteiger charge is 2.15. The molecule has 3 heterocycles. The molecule has 1 N–H and O–H groups in total. The van der Waals surface area contributed by atoms with E-state index in [-0.39, 0.29) is 0 Å². The van der Waals surface area contributed by atoms with Gasteiger partial charge in [-0.3, -0.25) is 14.8 Å². The molecule has 0 aliphatic heterocycles. The predicted octanol–water partition coefficient (Wildman–Crippen LogP) is 5.01. The summed E-state index contributed by atoms with van der Waals surface area (Å²) in [6.45, 7) is 1.02. The number of rotatable bonds is 9. The minimum absolute atomic E-state index is 0.397. The summed E-state index contributed by atoms with van der Waals surface area (Å²) in [5.74, 6) is 0.629. The van der Waals surface area contributed by atoms with E-state index in [1.165, 1.54) is 0 Å². The molecule has 0 saturated heterocycles. The Labute approximate surface area is 191 Å². The Bertz CT molecular complexity index is 1150. The van der Waals surface area contributed by atoms with Gasteiger partial charge >= 0.3 is 0 Å². The Kier molecular flexibility index (Phi) is 7.05. The molecule has 0 aliphatic carbocycles. The van der Waals surface area contributed by atoms with Crippen LogP contribution in [0.25, 0.3) is 11.3 Å². The van der Waals surface area contributed by atoms with Gasteiger partial charge in [-0.05, 0) is 48.0 Å². The fourth-order valence-corrected chi connectivity index (χ4v) is 3.44. The van der Waals surface area contributed by atoms with E-state index < -0.39 is 0 Å². The molecule has 0 radical (unpaired) electrons. The zero-order valence-corrected chi connectivity index (χ0v) is 18.1. The van der Waals surface area contributed by atoms with Crippen LogP contribution in [0.5, 0.6) is 0 Å². The molecule has 6 nitrogen and oxygen atoms in total. The summed E-state index contributed by atoms with van der Waals surface area (Å²) in [5, 5.41) is 4.06. The third-order valence-electron chi connectivity index (χ3n) is 4.93. The Balaban J connectivity index is 1.62. The first-order chi connectivity index (χ1) is 15.7. The number of nitrogens with zero attached hydrogens (tertiary/aromatic N) is 4. The average molecular weight is 444 g/mol. The van der Waals surface area contributed by atoms with Crippen LogP contribution in [0.15, 0.2) is 85.3 Å². The summed E-state index contributed by atoms with van der Waals surface area (Å²) < 4.78 is 0. The molecule has 1 amide bonds. The molecule has 4 aromatic rings. The van der Waals surface area contributed by atoms with E-state index >= 15 is 0 Å². The summed E-state index contributed by atoms with van der Waals surface area (Å²) in [4.78, 5) is 26.9. The molecule has 1 aromatic carbocycles. The van der Waals surface area contributed by atoms with Crippen LogP contribution >= 0.6 is 11.6 Å². The van der Waals surface area contributed by atoms with Crippen LogP contribution in [0.2, 0.25) is 5.02 Å². The molecular formula is C25H22ClN5O. The molecule has 0 spiro atoms. The van der Waals surface area contributed by atoms with Crippen molar-refractivity contribution in [2.24, 2.45) is 0 Å². The maximum absolute atomic E-state index is 12.0. The fourth-order valence-electron chi connectivity index (χ4n) is 3.32. The molecule has 4 rings (SSSR count). The van der Waals surface area contributed by atoms with Crippen molar-refractivity contribution in [1.29, 1.82) is 0 Å². The van der Waals surface area contributed by atoms with Gasteiger partial charge in [0.05, 0.1) is 17.9 Å². The van der Waals surface area contributed by atoms with Gasteiger partial charge in [-0.1, -0.05) is 35.9 Å². The normalized spacial score (nSPS) is 10.5. The second-order valence-electron chi connectivity index (χ2n) is 7.16. The maximum atomic E-state index is 12.0. The first-order valence-electron chi connectivity index (χ1n) is 10.2. The van der Waals surface area contributed by atoms with Crippen molar-refractivity contribution in [2.75, 3.05) is 16.8 Å². The van der Waals surface area contributed by atoms with E-state index in [9.17, 15) is 4.79 Å². The highest BCUT2D eigenvalue weighted by atomic mass is 35.5. The van der Waals surface area contributed by atoms with Gasteiger partial charge < -0.3 is 10.2 Å². The van der Waals surface area contributed by atoms with Crippen molar-refractivity contribution in [3.8, 4) is 11.3 Å². The Morgan fingerprint density at radius 1 is 0.969 bits per heavy atom. The number of aromatic nitrogens is 3. The SMILES string of the molecule is O=CN(Cc1cccnc1)c1ccc(-c2ccc(Cl)cc2)nc1NCCc1ccccn1. The molecule has 0 saturated carbocycles. The number of pyridine rings is 3. The topological polar surface area (TPSA) is 71.0 Å². The van der Waals surface area contributed by atoms with Gasteiger partial charge in [-0.2, -0.15) is 0 Å². The van der Waals surface area contributed by atoms with Gasteiger partial charge in [0.15, 0.2) is 5.82 Å². The van der Waals surface area contributed by atoms with Crippen LogP contribution in [-0.4, -0.2) is 27.9 Å². The van der Waals surface area contributed by atoms with E-state index in [1.807, 2.05) is 66.7 Å². The van der Waals surface area contributed by atoms with Crippen molar-refractivity contribution < 1.29 is 4.79 Å². The molecule has 32 heavy (non-hydrogen) atoms. The minimum atomic E-state index is 0.397. The van der Waals surface area contributed by atoms with Crippen LogP contribution in [0.4, 0.5) is 11.5 Å². The summed E-state index contributed by atoms with van der Waals surface area (Å²) >= 11 is 6.03. The number of halogens is 1. The zero-order chi connectivity index (χ0) is 22.2. The highest BCUT2D eigenvalue weighted by Crippen LogP contribution is 2.29. The first kappa shape index (κ1) is 21.5. The van der Waals surface area contributed by atoms with Crippen molar-refractivity contribution in [1.82, 2.24) is 15.0 Å². The quantitative estimate of drug-likeness (QED) is 0.368. The summed E-state index contributed by atoms with van der Waals surface area (Å²) in [6.07, 6.45) is 6.79. The van der Waals surface area contributed by atoms with Gasteiger partial charge in [-0.15, -0.1) is 0 Å². The largest absolute Gasteiger partial charge is 0.368 e. The first-order valence-corrected chi connectivity index (χ1v) is 10.6. The minimum Gasteiger partial charge on any atom is -0.368 e. The molecule has 0 aliphatic rings. The molecule has 7 heteroatoms. The van der Waals surface area contributed by atoms with E-state index in [0.717, 1.165) is 35.3 Å². The summed E-state index contributed by atoms with van der Waals surface area (Å²) in [7, 11) is 0. The van der Waals surface area contributed by atoms with Gasteiger partial charge in [0.25, 0.3) is 0 Å². The lowest BCUT2D eigenvalue weighted by atomic mass is 10.1. The second kappa shape index (κ2) is 10.5. The second-order valence-corrected chi connectivity index (χ2v) is 7.60. The van der Waals surface area contributed by atoms with Crippen LogP contribution in [0.3, 0.4) is 0 Å². The monoisotopic (exact) mass is 443 g/mol. The molecule has 0 bridgehead atoms. The number of anilines is 2. The fraction of sp³-hybridized carbons (Fsp3) is 0.120. The third kappa shape index (κ3) is 5.47. The van der Waals surface area contributed by atoms with Crippen LogP contribution < -0.4 is 10.2 Å². The highest BCUT2D eigenvalue weighted by molar-refractivity contribution is 6.30. The Morgan fingerprint density at radius 3 is 2.56 bits per heavy atom. The lowest BCUT2D eigenvalue weighted by Gasteiger charge is -2.21.